The van der Waals surface area contributed by atoms with Gasteiger partial charge in [-0.2, -0.15) is 0 Å². The lowest BCUT2D eigenvalue weighted by atomic mass is 9.83. The fraction of sp³-hybridized carbons (Fsp3) is 0.364. The van der Waals surface area contributed by atoms with Gasteiger partial charge in [-0.25, -0.2) is 4.79 Å². The maximum absolute atomic E-state index is 13.7. The molecular formula is C22H22Cl2N2O5. The number of esters is 1. The van der Waals surface area contributed by atoms with E-state index < -0.39 is 11.9 Å². The molecule has 9 heteroatoms. The number of nitrogens with zero attached hydrogens (tertiary/aromatic N) is 1. The number of rotatable bonds is 4. The molecule has 2 aromatic rings. The Labute approximate surface area is 189 Å². The molecule has 2 aliphatic heterocycles. The van der Waals surface area contributed by atoms with Crippen molar-refractivity contribution >= 4 is 29.2 Å². The molecule has 0 bridgehead atoms. The molecule has 0 saturated carbocycles. The summed E-state index contributed by atoms with van der Waals surface area (Å²) in [4.78, 5) is 26.3. The number of hydrogen-bond acceptors (Lipinski definition) is 6. The molecule has 1 fully saturated rings. The summed E-state index contributed by atoms with van der Waals surface area (Å²) in [5.41, 5.74) is 7.44. The lowest BCUT2D eigenvalue weighted by Gasteiger charge is -2.29. The van der Waals surface area contributed by atoms with Crippen molar-refractivity contribution in [1.29, 1.82) is 0 Å². The van der Waals surface area contributed by atoms with Gasteiger partial charge in [-0.05, 0) is 37.5 Å². The van der Waals surface area contributed by atoms with E-state index in [9.17, 15) is 9.59 Å². The molecule has 3 heterocycles. The normalized spacial score (nSPS) is 20.4. The molecule has 0 unspecified atom stereocenters. The number of carbonyl (C=O) groups excluding carboxylic acids is 1. The average Bonchev–Trinajstić information content (AvgIpc) is 3.25. The molecule has 0 radical (unpaired) electrons. The molecule has 2 atom stereocenters. The van der Waals surface area contributed by atoms with E-state index in [0.29, 0.717) is 40.2 Å². The highest BCUT2D eigenvalue weighted by molar-refractivity contribution is 6.42. The predicted octanol–water partition coefficient (Wildman–Crippen LogP) is 3.51. The number of pyridine rings is 1. The second kappa shape index (κ2) is 8.57. The van der Waals surface area contributed by atoms with Crippen molar-refractivity contribution in [2.24, 2.45) is 5.73 Å². The summed E-state index contributed by atoms with van der Waals surface area (Å²) in [7, 11) is 1.24. The van der Waals surface area contributed by atoms with Crippen LogP contribution in [-0.2, 0) is 20.8 Å². The number of benzene rings is 1. The summed E-state index contributed by atoms with van der Waals surface area (Å²) in [5, 5.41) is 0.649. The Kier molecular flexibility index (Phi) is 6.01. The van der Waals surface area contributed by atoms with Crippen LogP contribution in [0.4, 0.5) is 0 Å². The molecule has 0 amide bonds. The zero-order valence-corrected chi connectivity index (χ0v) is 18.6. The Morgan fingerprint density at radius 3 is 2.71 bits per heavy atom. The van der Waals surface area contributed by atoms with Crippen LogP contribution >= 0.6 is 23.2 Å². The Morgan fingerprint density at radius 1 is 1.29 bits per heavy atom. The number of halogens is 2. The van der Waals surface area contributed by atoms with Crippen molar-refractivity contribution in [2.45, 2.75) is 38.3 Å². The van der Waals surface area contributed by atoms with Gasteiger partial charge in [0.2, 0.25) is 5.88 Å². The molecule has 164 valence electrons. The first-order chi connectivity index (χ1) is 14.8. The quantitative estimate of drug-likeness (QED) is 0.695. The van der Waals surface area contributed by atoms with Gasteiger partial charge in [-0.1, -0.05) is 29.3 Å². The van der Waals surface area contributed by atoms with Gasteiger partial charge in [-0.3, -0.25) is 4.79 Å². The number of nitrogens with two attached hydrogens (primary N) is 1. The zero-order chi connectivity index (χ0) is 22.3. The number of aryl methyl sites for hydroxylation is 1. The molecular weight excluding hydrogens is 443 g/mol. The van der Waals surface area contributed by atoms with Crippen LogP contribution in [0.25, 0.3) is 0 Å². The fourth-order valence-electron chi connectivity index (χ4n) is 4.14. The molecule has 1 saturated heterocycles. The lowest BCUT2D eigenvalue weighted by Crippen LogP contribution is -2.36. The first kappa shape index (κ1) is 21.7. The maximum atomic E-state index is 13.7. The van der Waals surface area contributed by atoms with Crippen LogP contribution in [0.15, 0.2) is 40.5 Å². The number of carbonyl (C=O) groups is 1. The van der Waals surface area contributed by atoms with Gasteiger partial charge in [0, 0.05) is 18.4 Å². The van der Waals surface area contributed by atoms with E-state index in [-0.39, 0.29) is 28.7 Å². The first-order valence-corrected chi connectivity index (χ1v) is 10.6. The van der Waals surface area contributed by atoms with Crippen molar-refractivity contribution in [1.82, 2.24) is 4.57 Å². The fourth-order valence-corrected chi connectivity index (χ4v) is 4.45. The van der Waals surface area contributed by atoms with Crippen LogP contribution in [0, 0.1) is 6.92 Å². The number of aromatic nitrogens is 1. The molecule has 31 heavy (non-hydrogen) atoms. The second-order valence-corrected chi connectivity index (χ2v) is 8.41. The molecule has 0 aliphatic carbocycles. The SMILES string of the molecule is COC(=O)C1=C(N)Oc2cc(C)n(C[C@H]3CCCO3)c(=O)c2[C@H]1c1ccc(Cl)c(Cl)c1. The summed E-state index contributed by atoms with van der Waals surface area (Å²) in [6, 6.07) is 6.67. The Bertz CT molecular complexity index is 1140. The second-order valence-electron chi connectivity index (χ2n) is 7.59. The average molecular weight is 465 g/mol. The number of fused-ring (bicyclic) bond motifs is 1. The minimum atomic E-state index is -0.824. The third kappa shape index (κ3) is 3.93. The van der Waals surface area contributed by atoms with Crippen LogP contribution in [0.5, 0.6) is 5.75 Å². The summed E-state index contributed by atoms with van der Waals surface area (Å²) < 4.78 is 18.0. The standard InChI is InChI=1S/C22H22Cl2N2O5/c1-11-8-16-18(21(27)26(11)10-13-4-3-7-30-13)17(12-5-6-14(23)15(24)9-12)19(20(25)31-16)22(28)29-2/h5-6,8-9,13,17H,3-4,7,10,25H2,1-2H3/t13-,17-/m1/s1. The van der Waals surface area contributed by atoms with Gasteiger partial charge < -0.3 is 24.5 Å². The minimum absolute atomic E-state index is 0.0388. The molecule has 4 rings (SSSR count). The van der Waals surface area contributed by atoms with E-state index in [1.54, 1.807) is 28.8 Å². The Balaban J connectivity index is 1.93. The molecule has 2 aliphatic rings. The largest absolute Gasteiger partial charge is 0.465 e. The van der Waals surface area contributed by atoms with Crippen molar-refractivity contribution < 1.29 is 19.0 Å². The summed E-state index contributed by atoms with van der Waals surface area (Å²) in [6.07, 6.45) is 1.81. The smallest absolute Gasteiger partial charge is 0.340 e. The van der Waals surface area contributed by atoms with Crippen molar-refractivity contribution in [2.75, 3.05) is 13.7 Å². The summed E-state index contributed by atoms with van der Waals surface area (Å²) in [5.74, 6) is -1.34. The van der Waals surface area contributed by atoms with E-state index >= 15 is 0 Å². The number of hydrogen-bond donors (Lipinski definition) is 1. The molecule has 7 nitrogen and oxygen atoms in total. The van der Waals surface area contributed by atoms with Crippen molar-refractivity contribution in [3.63, 3.8) is 0 Å². The highest BCUT2D eigenvalue weighted by Crippen LogP contribution is 2.42. The molecule has 2 N–H and O–H groups in total. The van der Waals surface area contributed by atoms with Crippen molar-refractivity contribution in [3.8, 4) is 5.75 Å². The summed E-state index contributed by atoms with van der Waals surface area (Å²) in [6.45, 7) is 2.92. The third-order valence-corrected chi connectivity index (χ3v) is 6.40. The monoisotopic (exact) mass is 464 g/mol. The molecule has 1 aromatic carbocycles. The predicted molar refractivity (Wildman–Crippen MR) is 117 cm³/mol. The van der Waals surface area contributed by atoms with Crippen molar-refractivity contribution in [3.05, 3.63) is 72.9 Å². The maximum Gasteiger partial charge on any atom is 0.340 e. The lowest BCUT2D eigenvalue weighted by molar-refractivity contribution is -0.136. The molecule has 1 aromatic heterocycles. The summed E-state index contributed by atoms with van der Waals surface area (Å²) >= 11 is 12.3. The van der Waals surface area contributed by atoms with E-state index in [0.717, 1.165) is 12.8 Å². The van der Waals surface area contributed by atoms with Gasteiger partial charge in [-0.15, -0.1) is 0 Å². The first-order valence-electron chi connectivity index (χ1n) is 9.88. The van der Waals surface area contributed by atoms with Crippen LogP contribution in [0.1, 0.15) is 35.6 Å². The van der Waals surface area contributed by atoms with E-state index in [2.05, 4.69) is 0 Å². The highest BCUT2D eigenvalue weighted by atomic mass is 35.5. The van der Waals surface area contributed by atoms with Gasteiger partial charge >= 0.3 is 5.97 Å². The topological polar surface area (TPSA) is 92.8 Å². The molecule has 0 spiro atoms. The highest BCUT2D eigenvalue weighted by Gasteiger charge is 2.38. The van der Waals surface area contributed by atoms with Gasteiger partial charge in [0.25, 0.3) is 5.56 Å². The minimum Gasteiger partial charge on any atom is -0.465 e. The Hall–Kier alpha value is -2.48. The van der Waals surface area contributed by atoms with Gasteiger partial charge in [0.1, 0.15) is 11.3 Å². The van der Waals surface area contributed by atoms with Gasteiger partial charge in [0.05, 0.1) is 41.3 Å². The zero-order valence-electron chi connectivity index (χ0n) is 17.1. The van der Waals surface area contributed by atoms with E-state index in [4.69, 9.17) is 43.1 Å². The number of methoxy groups -OCH3 is 1. The third-order valence-electron chi connectivity index (χ3n) is 5.66. The van der Waals surface area contributed by atoms with E-state index in [1.807, 2.05) is 6.92 Å². The number of ether oxygens (including phenoxy) is 3. The van der Waals surface area contributed by atoms with Crippen LogP contribution < -0.4 is 16.0 Å². The van der Waals surface area contributed by atoms with Gasteiger partial charge in [0.15, 0.2) is 0 Å². The Morgan fingerprint density at radius 2 is 2.06 bits per heavy atom. The van der Waals surface area contributed by atoms with Crippen LogP contribution in [0.3, 0.4) is 0 Å². The van der Waals surface area contributed by atoms with Crippen LogP contribution in [-0.4, -0.2) is 30.4 Å². The van der Waals surface area contributed by atoms with E-state index in [1.165, 1.54) is 7.11 Å². The van der Waals surface area contributed by atoms with Crippen LogP contribution in [0.2, 0.25) is 10.0 Å².